The van der Waals surface area contributed by atoms with E-state index in [0.717, 1.165) is 11.8 Å². The van der Waals surface area contributed by atoms with Crippen molar-refractivity contribution in [3.8, 4) is 0 Å². The third kappa shape index (κ3) is 8.30. The second-order valence-electron chi connectivity index (χ2n) is 10.1. The van der Waals surface area contributed by atoms with Gasteiger partial charge in [-0.3, -0.25) is 14.4 Å². The molecule has 5 rings (SSSR count). The van der Waals surface area contributed by atoms with E-state index in [1.165, 1.54) is 6.08 Å². The summed E-state index contributed by atoms with van der Waals surface area (Å²) in [5, 5.41) is 6.60. The minimum Gasteiger partial charge on any atom is -0.321 e. The highest BCUT2D eigenvalue weighted by Gasteiger charge is 2.27. The number of anilines is 2. The van der Waals surface area contributed by atoms with Crippen LogP contribution < -0.4 is 16.0 Å². The molecule has 12 heteroatoms. The van der Waals surface area contributed by atoms with Gasteiger partial charge in [0.25, 0.3) is 11.8 Å². The Morgan fingerprint density at radius 3 is 1.92 bits per heavy atom. The van der Waals surface area contributed by atoms with Crippen LogP contribution in [0.3, 0.4) is 0 Å². The fraction of sp³-hybridized carbons (Fsp3) is 0.0278. The largest absolute Gasteiger partial charge is 0.321 e. The van der Waals surface area contributed by atoms with Crippen molar-refractivity contribution < 1.29 is 31.9 Å². The molecule has 5 aromatic carbocycles. The number of hydrogen-bond acceptors (Lipinski definition) is 4. The van der Waals surface area contributed by atoms with E-state index in [1.807, 2.05) is 5.32 Å². The van der Waals surface area contributed by atoms with Crippen LogP contribution in [-0.4, -0.2) is 17.7 Å². The summed E-state index contributed by atoms with van der Waals surface area (Å²) in [7, 11) is 0. The zero-order chi connectivity index (χ0) is 34.2. The first-order valence-electron chi connectivity index (χ1n) is 14.2. The fourth-order valence-corrected chi connectivity index (χ4v) is 5.63. The summed E-state index contributed by atoms with van der Waals surface area (Å²) in [6.07, 6.45) is 1.45. The van der Waals surface area contributed by atoms with Crippen LogP contribution >= 0.6 is 23.4 Å². The summed E-state index contributed by atoms with van der Waals surface area (Å²) in [4.78, 5) is 40.1. The summed E-state index contributed by atoms with van der Waals surface area (Å²) in [6, 6.07) is 29.7. The summed E-state index contributed by atoms with van der Waals surface area (Å²) in [6.45, 7) is 0. The number of thioether (sulfide) groups is 1. The first-order chi connectivity index (χ1) is 23.1. The van der Waals surface area contributed by atoms with Crippen LogP contribution in [0.4, 0.5) is 28.9 Å². The molecular weight excluding hydrogens is 666 g/mol. The molecule has 0 heterocycles. The van der Waals surface area contributed by atoms with Crippen LogP contribution in [0.5, 0.6) is 0 Å². The van der Waals surface area contributed by atoms with Gasteiger partial charge in [0.2, 0.25) is 5.91 Å². The Bertz CT molecular complexity index is 1970. The number of carbonyl (C=O) groups is 3. The normalized spacial score (nSPS) is 11.8. The summed E-state index contributed by atoms with van der Waals surface area (Å²) in [5.74, 6) is -8.88. The van der Waals surface area contributed by atoms with Gasteiger partial charge in [0.1, 0.15) is 16.6 Å². The Morgan fingerprint density at radius 2 is 1.29 bits per heavy atom. The van der Waals surface area contributed by atoms with E-state index in [0.29, 0.717) is 32.3 Å². The van der Waals surface area contributed by atoms with Crippen molar-refractivity contribution in [3.63, 3.8) is 0 Å². The van der Waals surface area contributed by atoms with Gasteiger partial charge in [-0.2, -0.15) is 0 Å². The summed E-state index contributed by atoms with van der Waals surface area (Å²) < 4.78 is 56.2. The van der Waals surface area contributed by atoms with Gasteiger partial charge >= 0.3 is 0 Å². The Morgan fingerprint density at radius 1 is 0.708 bits per heavy atom. The molecule has 0 saturated heterocycles. The molecule has 6 nitrogen and oxygen atoms in total. The van der Waals surface area contributed by atoms with E-state index in [-0.39, 0.29) is 11.8 Å². The van der Waals surface area contributed by atoms with Gasteiger partial charge in [-0.05, 0) is 59.7 Å². The molecule has 0 saturated carbocycles. The molecule has 0 radical (unpaired) electrons. The fourth-order valence-electron chi connectivity index (χ4n) is 4.41. The Hall–Kier alpha value is -5.39. The van der Waals surface area contributed by atoms with Gasteiger partial charge < -0.3 is 16.0 Å². The van der Waals surface area contributed by atoms with Crippen LogP contribution in [-0.2, 0) is 9.59 Å². The van der Waals surface area contributed by atoms with Crippen molar-refractivity contribution in [2.24, 2.45) is 0 Å². The molecule has 1 atom stereocenters. The topological polar surface area (TPSA) is 87.3 Å². The zero-order valence-electron chi connectivity index (χ0n) is 24.6. The van der Waals surface area contributed by atoms with Crippen molar-refractivity contribution in [3.05, 3.63) is 166 Å². The highest BCUT2D eigenvalue weighted by molar-refractivity contribution is 8.00. The lowest BCUT2D eigenvalue weighted by atomic mass is 10.1. The van der Waals surface area contributed by atoms with Crippen molar-refractivity contribution >= 4 is 58.5 Å². The maximum Gasteiger partial charge on any atom is 0.272 e. The first kappa shape index (κ1) is 34.0. The maximum atomic E-state index is 14.3. The van der Waals surface area contributed by atoms with Crippen LogP contribution in [0.25, 0.3) is 6.08 Å². The van der Waals surface area contributed by atoms with Crippen molar-refractivity contribution in [1.29, 1.82) is 0 Å². The molecule has 48 heavy (non-hydrogen) atoms. The third-order valence-electron chi connectivity index (χ3n) is 6.80. The van der Waals surface area contributed by atoms with Crippen molar-refractivity contribution in [1.82, 2.24) is 5.32 Å². The van der Waals surface area contributed by atoms with Gasteiger partial charge in [0.15, 0.2) is 23.3 Å². The minimum atomic E-state index is -1.73. The van der Waals surface area contributed by atoms with Gasteiger partial charge in [-0.25, -0.2) is 17.6 Å². The molecular formula is C36H24ClF4N3O3S. The predicted octanol–water partition coefficient (Wildman–Crippen LogP) is 8.78. The monoisotopic (exact) mass is 689 g/mol. The van der Waals surface area contributed by atoms with Gasteiger partial charge in [0, 0.05) is 27.2 Å². The van der Waals surface area contributed by atoms with E-state index < -0.39 is 51.9 Å². The Labute approximate surface area is 281 Å². The summed E-state index contributed by atoms with van der Waals surface area (Å²) in [5.41, 5.74) is 0.292. The Balaban J connectivity index is 1.36. The SMILES string of the molecule is O=C(Nc1ccc(SC(C(=O)Nc2c(F)c(F)cc(F)c2F)c2ccccc2)cc1)/C(=C/c1ccccc1Cl)NC(=O)c1ccccc1. The minimum absolute atomic E-state index is 0.0524. The standard InChI is InChI=1S/C36H24ClF4N3O3S/c37-26-14-8-7-13-23(26)19-29(43-34(45)22-11-5-2-6-12-22)35(46)42-24-15-17-25(18-16-24)48-33(21-9-3-1-4-10-21)36(47)44-32-30(40)27(38)20-28(39)31(32)41/h1-20,33H,(H,42,46)(H,43,45)(H,44,47)/b29-19-. The molecule has 1 unspecified atom stereocenters. The molecule has 0 aliphatic heterocycles. The second-order valence-corrected chi connectivity index (χ2v) is 11.7. The van der Waals surface area contributed by atoms with E-state index in [9.17, 15) is 31.9 Å². The van der Waals surface area contributed by atoms with Gasteiger partial charge in [-0.1, -0.05) is 78.3 Å². The zero-order valence-corrected chi connectivity index (χ0v) is 26.2. The van der Waals surface area contributed by atoms with E-state index >= 15 is 0 Å². The molecule has 0 aliphatic rings. The highest BCUT2D eigenvalue weighted by Crippen LogP contribution is 2.37. The van der Waals surface area contributed by atoms with Crippen LogP contribution in [0.1, 0.15) is 26.7 Å². The van der Waals surface area contributed by atoms with Crippen molar-refractivity contribution in [2.45, 2.75) is 10.1 Å². The van der Waals surface area contributed by atoms with Gasteiger partial charge in [-0.15, -0.1) is 11.8 Å². The number of benzene rings is 5. The number of hydrogen-bond donors (Lipinski definition) is 3. The quantitative estimate of drug-likeness (QED) is 0.0592. The average molecular weight is 690 g/mol. The Kier molecular flexibility index (Phi) is 10.9. The number of carbonyl (C=O) groups excluding carboxylic acids is 3. The molecule has 3 amide bonds. The van der Waals surface area contributed by atoms with Gasteiger partial charge in [0.05, 0.1) is 0 Å². The van der Waals surface area contributed by atoms with E-state index in [1.54, 1.807) is 109 Å². The molecule has 0 aromatic heterocycles. The lowest BCUT2D eigenvalue weighted by Crippen LogP contribution is -2.30. The lowest BCUT2D eigenvalue weighted by Gasteiger charge is -2.18. The molecule has 0 fully saturated rings. The van der Waals surface area contributed by atoms with E-state index in [4.69, 9.17) is 11.6 Å². The molecule has 3 N–H and O–H groups in total. The summed E-state index contributed by atoms with van der Waals surface area (Å²) >= 11 is 7.29. The van der Waals surface area contributed by atoms with E-state index in [2.05, 4.69) is 10.6 Å². The number of halogens is 5. The third-order valence-corrected chi connectivity index (χ3v) is 8.41. The number of rotatable bonds is 10. The van der Waals surface area contributed by atoms with Crippen LogP contribution in [0, 0.1) is 23.3 Å². The number of amides is 3. The molecule has 242 valence electrons. The number of nitrogens with one attached hydrogen (secondary N) is 3. The molecule has 0 bridgehead atoms. The van der Waals surface area contributed by atoms with Crippen LogP contribution in [0.2, 0.25) is 5.02 Å². The highest BCUT2D eigenvalue weighted by atomic mass is 35.5. The molecule has 0 spiro atoms. The molecule has 0 aliphatic carbocycles. The smallest absolute Gasteiger partial charge is 0.272 e. The van der Waals surface area contributed by atoms with Crippen LogP contribution in [0.15, 0.2) is 126 Å². The first-order valence-corrected chi connectivity index (χ1v) is 15.5. The second kappa shape index (κ2) is 15.5. The average Bonchev–Trinajstić information content (AvgIpc) is 3.10. The van der Waals surface area contributed by atoms with Crippen molar-refractivity contribution in [2.75, 3.05) is 10.6 Å². The predicted molar refractivity (Wildman–Crippen MR) is 178 cm³/mol. The lowest BCUT2D eigenvalue weighted by molar-refractivity contribution is -0.116. The molecule has 5 aromatic rings. The maximum absolute atomic E-state index is 14.3.